The van der Waals surface area contributed by atoms with Gasteiger partial charge in [0, 0.05) is 13.2 Å². The van der Waals surface area contributed by atoms with Crippen LogP contribution in [-0.4, -0.2) is 29.3 Å². The first-order valence-electron chi connectivity index (χ1n) is 3.77. The van der Waals surface area contributed by atoms with Crippen LogP contribution in [0.4, 0.5) is 19.0 Å². The molecule has 0 aliphatic rings. The first-order chi connectivity index (χ1) is 6.88. The molecule has 4 nitrogen and oxygen atoms in total. The van der Waals surface area contributed by atoms with Crippen LogP contribution in [0.2, 0.25) is 0 Å². The van der Waals surface area contributed by atoms with Gasteiger partial charge in [0.05, 0.1) is 0 Å². The Hall–Kier alpha value is -1.79. The summed E-state index contributed by atoms with van der Waals surface area (Å²) in [5, 5.41) is 10.0. The average molecular weight is 222 g/mol. The molecular weight excluding hydrogens is 213 g/mol. The molecule has 0 fully saturated rings. The zero-order valence-electron chi connectivity index (χ0n) is 7.75. The molecule has 0 atom stereocenters. The predicted molar refractivity (Wildman–Crippen MR) is 47.5 cm³/mol. The lowest BCUT2D eigenvalue weighted by atomic mass is 10.5. The summed E-state index contributed by atoms with van der Waals surface area (Å²) in [6, 6.07) is 5.75. The van der Waals surface area contributed by atoms with Gasteiger partial charge in [-0.1, -0.05) is 6.07 Å². The van der Waals surface area contributed by atoms with E-state index in [1.54, 1.807) is 6.20 Å². The Bertz CT molecular complexity index is 301. The Morgan fingerprint density at radius 1 is 1.47 bits per heavy atom. The molecule has 1 rings (SSSR count). The van der Waals surface area contributed by atoms with Crippen molar-refractivity contribution in [3.8, 4) is 0 Å². The first-order valence-corrected chi connectivity index (χ1v) is 3.77. The molecule has 0 amide bonds. The summed E-state index contributed by atoms with van der Waals surface area (Å²) in [5.74, 6) is -1.85. The molecule has 1 aromatic rings. The van der Waals surface area contributed by atoms with Crippen molar-refractivity contribution in [1.29, 1.82) is 0 Å². The lowest BCUT2D eigenvalue weighted by Crippen LogP contribution is -2.21. The highest BCUT2D eigenvalue weighted by atomic mass is 19.4. The molecule has 0 bridgehead atoms. The molecule has 0 unspecified atom stereocenters. The maximum absolute atomic E-state index is 10.6. The topological polar surface area (TPSA) is 62.2 Å². The number of nitrogens with one attached hydrogen (secondary N) is 1. The van der Waals surface area contributed by atoms with Crippen LogP contribution in [0.15, 0.2) is 24.4 Å². The van der Waals surface area contributed by atoms with Gasteiger partial charge in [0.2, 0.25) is 0 Å². The molecule has 2 N–H and O–H groups in total. The normalized spacial score (nSPS) is 9.87. The van der Waals surface area contributed by atoms with E-state index >= 15 is 0 Å². The number of carboxylic acid groups (broad SMARTS) is 1. The molecule has 1 aromatic heterocycles. The Morgan fingerprint density at radius 2 is 2.00 bits per heavy atom. The minimum atomic E-state index is -5.08. The summed E-state index contributed by atoms with van der Waals surface area (Å²) >= 11 is 0. The van der Waals surface area contributed by atoms with E-state index in [4.69, 9.17) is 9.90 Å². The standard InChI is InChI=1S/C6H8N2.C2HF3O2/c1-7-6-4-2-3-5-8-6;3-2(4,5)1(6)7/h2-5H,1H3,(H,7,8);(H,6,7). The van der Waals surface area contributed by atoms with E-state index in [0.717, 1.165) is 5.82 Å². The first kappa shape index (κ1) is 13.2. The number of carbonyl (C=O) groups is 1. The van der Waals surface area contributed by atoms with E-state index in [1.807, 2.05) is 25.2 Å². The molecule has 0 aliphatic carbocycles. The molecule has 15 heavy (non-hydrogen) atoms. The van der Waals surface area contributed by atoms with E-state index in [-0.39, 0.29) is 0 Å². The van der Waals surface area contributed by atoms with Gasteiger partial charge in [0.15, 0.2) is 0 Å². The van der Waals surface area contributed by atoms with Crippen LogP contribution >= 0.6 is 0 Å². The SMILES string of the molecule is CNc1ccccn1.O=C(O)C(F)(F)F. The molecule has 0 aliphatic heterocycles. The van der Waals surface area contributed by atoms with E-state index in [1.165, 1.54) is 0 Å². The van der Waals surface area contributed by atoms with E-state index in [9.17, 15) is 13.2 Å². The van der Waals surface area contributed by atoms with Crippen LogP contribution in [-0.2, 0) is 4.79 Å². The van der Waals surface area contributed by atoms with Crippen LogP contribution < -0.4 is 5.32 Å². The van der Waals surface area contributed by atoms with Crippen LogP contribution in [0.1, 0.15) is 0 Å². The van der Waals surface area contributed by atoms with Crippen molar-refractivity contribution in [3.05, 3.63) is 24.4 Å². The van der Waals surface area contributed by atoms with E-state index in [2.05, 4.69) is 10.3 Å². The van der Waals surface area contributed by atoms with Gasteiger partial charge in [0.25, 0.3) is 0 Å². The number of aliphatic carboxylic acids is 1. The van der Waals surface area contributed by atoms with Gasteiger partial charge in [-0.25, -0.2) is 9.78 Å². The highest BCUT2D eigenvalue weighted by molar-refractivity contribution is 5.73. The second kappa shape index (κ2) is 5.84. The highest BCUT2D eigenvalue weighted by Gasteiger charge is 2.38. The summed E-state index contributed by atoms with van der Waals surface area (Å²) in [6.45, 7) is 0. The molecule has 0 saturated carbocycles. The van der Waals surface area contributed by atoms with Gasteiger partial charge in [-0.15, -0.1) is 0 Å². The zero-order valence-corrected chi connectivity index (χ0v) is 7.75. The Labute approximate surface area is 83.8 Å². The Balaban J connectivity index is 0.000000265. The zero-order chi connectivity index (χ0) is 11.9. The van der Waals surface area contributed by atoms with Crippen LogP contribution in [0.5, 0.6) is 0 Å². The third kappa shape index (κ3) is 6.30. The number of hydrogen-bond acceptors (Lipinski definition) is 3. The van der Waals surface area contributed by atoms with Crippen molar-refractivity contribution in [2.45, 2.75) is 6.18 Å². The highest BCUT2D eigenvalue weighted by Crippen LogP contribution is 2.13. The predicted octanol–water partition coefficient (Wildman–Crippen LogP) is 1.76. The largest absolute Gasteiger partial charge is 0.490 e. The molecule has 84 valence electrons. The van der Waals surface area contributed by atoms with Gasteiger partial charge in [0.1, 0.15) is 5.82 Å². The lowest BCUT2D eigenvalue weighted by molar-refractivity contribution is -0.192. The average Bonchev–Trinajstić information content (AvgIpc) is 2.18. The quantitative estimate of drug-likeness (QED) is 0.759. The molecule has 1 heterocycles. The van der Waals surface area contributed by atoms with Crippen molar-refractivity contribution >= 4 is 11.8 Å². The van der Waals surface area contributed by atoms with Crippen molar-refractivity contribution in [3.63, 3.8) is 0 Å². The van der Waals surface area contributed by atoms with Crippen molar-refractivity contribution in [2.75, 3.05) is 12.4 Å². The number of hydrogen-bond donors (Lipinski definition) is 2. The second-order valence-electron chi connectivity index (χ2n) is 2.27. The third-order valence-corrected chi connectivity index (χ3v) is 1.16. The second-order valence-corrected chi connectivity index (χ2v) is 2.27. The van der Waals surface area contributed by atoms with E-state index < -0.39 is 12.1 Å². The molecule has 0 aromatic carbocycles. The van der Waals surface area contributed by atoms with Gasteiger partial charge in [-0.2, -0.15) is 13.2 Å². The number of rotatable bonds is 1. The number of halogens is 3. The smallest absolute Gasteiger partial charge is 0.475 e. The number of aromatic nitrogens is 1. The van der Waals surface area contributed by atoms with Gasteiger partial charge < -0.3 is 10.4 Å². The van der Waals surface area contributed by atoms with E-state index in [0.29, 0.717) is 0 Å². The molecular formula is C8H9F3N2O2. The molecule has 0 radical (unpaired) electrons. The van der Waals surface area contributed by atoms with Gasteiger partial charge in [-0.05, 0) is 12.1 Å². The molecule has 7 heteroatoms. The minimum absolute atomic E-state index is 0.910. The maximum Gasteiger partial charge on any atom is 0.490 e. The van der Waals surface area contributed by atoms with Crippen LogP contribution in [0.25, 0.3) is 0 Å². The molecule has 0 saturated heterocycles. The van der Waals surface area contributed by atoms with Crippen LogP contribution in [0, 0.1) is 0 Å². The number of nitrogens with zero attached hydrogens (tertiary/aromatic N) is 1. The number of alkyl halides is 3. The van der Waals surface area contributed by atoms with Crippen molar-refractivity contribution in [1.82, 2.24) is 4.98 Å². The number of carboxylic acids is 1. The van der Waals surface area contributed by atoms with Gasteiger partial charge >= 0.3 is 12.1 Å². The molecule has 0 spiro atoms. The fraction of sp³-hybridized carbons (Fsp3) is 0.250. The fourth-order valence-electron chi connectivity index (χ4n) is 0.511. The summed E-state index contributed by atoms with van der Waals surface area (Å²) in [6.07, 6.45) is -3.33. The summed E-state index contributed by atoms with van der Waals surface area (Å²) in [7, 11) is 1.85. The summed E-state index contributed by atoms with van der Waals surface area (Å²) in [5.41, 5.74) is 0. The number of anilines is 1. The lowest BCUT2D eigenvalue weighted by Gasteiger charge is -1.93. The fourth-order valence-corrected chi connectivity index (χ4v) is 0.511. The summed E-state index contributed by atoms with van der Waals surface area (Å²) in [4.78, 5) is 12.9. The Kier molecular flexibility index (Phi) is 5.14. The van der Waals surface area contributed by atoms with Crippen molar-refractivity contribution in [2.24, 2.45) is 0 Å². The van der Waals surface area contributed by atoms with Gasteiger partial charge in [-0.3, -0.25) is 0 Å². The number of pyridine rings is 1. The Morgan fingerprint density at radius 3 is 2.20 bits per heavy atom. The third-order valence-electron chi connectivity index (χ3n) is 1.16. The van der Waals surface area contributed by atoms with Crippen molar-refractivity contribution < 1.29 is 23.1 Å². The maximum atomic E-state index is 10.6. The minimum Gasteiger partial charge on any atom is -0.475 e. The summed E-state index contributed by atoms with van der Waals surface area (Å²) < 4.78 is 31.7. The monoisotopic (exact) mass is 222 g/mol. The van der Waals surface area contributed by atoms with Crippen LogP contribution in [0.3, 0.4) is 0 Å².